The lowest BCUT2D eigenvalue weighted by Crippen LogP contribution is -2.41. The first-order valence-electron chi connectivity index (χ1n) is 10.7. The summed E-state index contributed by atoms with van der Waals surface area (Å²) in [4.78, 5) is 26.5. The summed E-state index contributed by atoms with van der Waals surface area (Å²) in [5, 5.41) is 3.40. The molecule has 0 spiro atoms. The highest BCUT2D eigenvalue weighted by atomic mass is 35.5. The van der Waals surface area contributed by atoms with Gasteiger partial charge >= 0.3 is 0 Å². The van der Waals surface area contributed by atoms with Gasteiger partial charge in [0.1, 0.15) is 0 Å². The van der Waals surface area contributed by atoms with Crippen LogP contribution in [0.25, 0.3) is 0 Å². The van der Waals surface area contributed by atoms with E-state index >= 15 is 0 Å². The minimum absolute atomic E-state index is 0.00853. The largest absolute Gasteiger partial charge is 0.326 e. The Balaban J connectivity index is 1.43. The molecule has 1 saturated heterocycles. The van der Waals surface area contributed by atoms with Crippen molar-refractivity contribution in [2.45, 2.75) is 44.0 Å². The number of sulfonamides is 1. The first-order valence-corrected chi connectivity index (χ1v) is 12.5. The highest BCUT2D eigenvalue weighted by Crippen LogP contribution is 2.35. The molecule has 2 amide bonds. The van der Waals surface area contributed by atoms with E-state index in [1.807, 2.05) is 6.92 Å². The van der Waals surface area contributed by atoms with Crippen LogP contribution in [0.2, 0.25) is 5.02 Å². The summed E-state index contributed by atoms with van der Waals surface area (Å²) in [6.07, 6.45) is 1.53. The third kappa shape index (κ3) is 4.40. The van der Waals surface area contributed by atoms with Crippen LogP contribution in [0.4, 0.5) is 11.4 Å². The smallest absolute Gasteiger partial charge is 0.243 e. The number of piperidine rings is 1. The molecule has 2 aromatic carbocycles. The number of hydrogen-bond acceptors (Lipinski definition) is 4. The van der Waals surface area contributed by atoms with Crippen LogP contribution in [0.1, 0.15) is 32.3 Å². The Hall–Kier alpha value is -2.42. The first-order chi connectivity index (χ1) is 15.2. The van der Waals surface area contributed by atoms with Crippen LogP contribution in [0.15, 0.2) is 47.4 Å². The van der Waals surface area contributed by atoms with Crippen LogP contribution in [0, 0.1) is 5.92 Å². The number of nitrogens with one attached hydrogen (secondary N) is 1. The second-order valence-corrected chi connectivity index (χ2v) is 10.8. The molecule has 0 bridgehead atoms. The molecule has 4 rings (SSSR count). The van der Waals surface area contributed by atoms with E-state index in [2.05, 4.69) is 5.32 Å². The number of rotatable bonds is 4. The van der Waals surface area contributed by atoms with Gasteiger partial charge in [-0.25, -0.2) is 8.42 Å². The summed E-state index contributed by atoms with van der Waals surface area (Å²) < 4.78 is 27.9. The molecule has 9 heteroatoms. The van der Waals surface area contributed by atoms with Crippen molar-refractivity contribution >= 4 is 44.8 Å². The lowest BCUT2D eigenvalue weighted by atomic mass is 9.97. The monoisotopic (exact) mass is 475 g/mol. The van der Waals surface area contributed by atoms with Gasteiger partial charge in [-0.05, 0) is 68.1 Å². The summed E-state index contributed by atoms with van der Waals surface area (Å²) in [5.41, 5.74) is 2.27. The van der Waals surface area contributed by atoms with E-state index in [9.17, 15) is 18.0 Å². The number of nitrogens with zero attached hydrogens (tertiary/aromatic N) is 2. The number of carbonyl (C=O) groups excluding carboxylic acids is 2. The van der Waals surface area contributed by atoms with E-state index in [0.717, 1.165) is 11.3 Å². The molecular formula is C23H26ClN3O4S. The van der Waals surface area contributed by atoms with Gasteiger partial charge in [0, 0.05) is 48.4 Å². The summed E-state index contributed by atoms with van der Waals surface area (Å²) in [6.45, 7) is 4.03. The zero-order valence-corrected chi connectivity index (χ0v) is 19.6. The average Bonchev–Trinajstić information content (AvgIpc) is 3.09. The first kappa shape index (κ1) is 22.8. The number of fused-ring (bicyclic) bond motifs is 1. The Labute approximate surface area is 193 Å². The van der Waals surface area contributed by atoms with Crippen molar-refractivity contribution in [3.05, 3.63) is 53.1 Å². The van der Waals surface area contributed by atoms with Crippen LogP contribution < -0.4 is 10.2 Å². The van der Waals surface area contributed by atoms with Gasteiger partial charge in [-0.2, -0.15) is 4.31 Å². The molecule has 32 heavy (non-hydrogen) atoms. The van der Waals surface area contributed by atoms with Gasteiger partial charge in [0.15, 0.2) is 0 Å². The number of carbonyl (C=O) groups is 2. The van der Waals surface area contributed by atoms with Gasteiger partial charge in [-0.3, -0.25) is 9.59 Å². The maximum atomic E-state index is 13.2. The van der Waals surface area contributed by atoms with E-state index in [1.165, 1.54) is 11.2 Å². The molecule has 170 valence electrons. The Kier molecular flexibility index (Phi) is 6.29. The van der Waals surface area contributed by atoms with E-state index in [0.29, 0.717) is 30.0 Å². The average molecular weight is 476 g/mol. The maximum Gasteiger partial charge on any atom is 0.243 e. The van der Waals surface area contributed by atoms with E-state index in [1.54, 1.807) is 47.4 Å². The van der Waals surface area contributed by atoms with Gasteiger partial charge < -0.3 is 10.2 Å². The maximum absolute atomic E-state index is 13.2. The van der Waals surface area contributed by atoms with Crippen molar-refractivity contribution < 1.29 is 18.0 Å². The normalized spacial score (nSPS) is 19.6. The fraction of sp³-hybridized carbons (Fsp3) is 0.391. The zero-order chi connectivity index (χ0) is 23.0. The number of anilines is 2. The topological polar surface area (TPSA) is 86.8 Å². The Morgan fingerprint density at radius 1 is 1.09 bits per heavy atom. The fourth-order valence-electron chi connectivity index (χ4n) is 4.57. The van der Waals surface area contributed by atoms with Crippen LogP contribution in [0.3, 0.4) is 0 Å². The molecule has 2 aliphatic rings. The highest BCUT2D eigenvalue weighted by Gasteiger charge is 2.34. The second-order valence-electron chi connectivity index (χ2n) is 8.41. The third-order valence-electron chi connectivity index (χ3n) is 6.16. The number of halogens is 1. The predicted octanol–water partition coefficient (Wildman–Crippen LogP) is 3.68. The van der Waals surface area contributed by atoms with Crippen molar-refractivity contribution in [3.8, 4) is 0 Å². The predicted molar refractivity (Wildman–Crippen MR) is 124 cm³/mol. The third-order valence-corrected chi connectivity index (χ3v) is 8.29. The van der Waals surface area contributed by atoms with Gasteiger partial charge in [-0.1, -0.05) is 17.7 Å². The SMILES string of the molecule is CC(=O)N1c2ccc(S(=O)(=O)N3CCC(C(=O)Nc4cccc(Cl)c4)CC3)cc2C[C@H]1C. The van der Waals surface area contributed by atoms with E-state index in [-0.39, 0.29) is 41.8 Å². The highest BCUT2D eigenvalue weighted by molar-refractivity contribution is 7.89. The lowest BCUT2D eigenvalue weighted by molar-refractivity contribution is -0.121. The molecule has 0 aromatic heterocycles. The van der Waals surface area contributed by atoms with Crippen molar-refractivity contribution in [2.24, 2.45) is 5.92 Å². The number of amides is 2. The van der Waals surface area contributed by atoms with Crippen molar-refractivity contribution in [2.75, 3.05) is 23.3 Å². The standard InChI is InChI=1S/C23H26ClN3O4S/c1-15-12-18-13-21(6-7-22(18)27(15)16(2)28)32(30,31)26-10-8-17(9-11-26)23(29)25-20-5-3-4-19(24)14-20/h3-7,13-15,17H,8-12H2,1-2H3,(H,25,29)/t15-/m1/s1. The molecule has 0 radical (unpaired) electrons. The van der Waals surface area contributed by atoms with Crippen LogP contribution in [0.5, 0.6) is 0 Å². The number of benzene rings is 2. The summed E-state index contributed by atoms with van der Waals surface area (Å²) in [6, 6.07) is 11.9. The molecule has 7 nitrogen and oxygen atoms in total. The molecule has 0 saturated carbocycles. The lowest BCUT2D eigenvalue weighted by Gasteiger charge is -2.30. The molecule has 2 aliphatic heterocycles. The molecule has 2 aromatic rings. The quantitative estimate of drug-likeness (QED) is 0.730. The van der Waals surface area contributed by atoms with Crippen LogP contribution in [-0.2, 0) is 26.0 Å². The van der Waals surface area contributed by atoms with Crippen molar-refractivity contribution in [3.63, 3.8) is 0 Å². The van der Waals surface area contributed by atoms with Gasteiger partial charge in [-0.15, -0.1) is 0 Å². The molecule has 1 fully saturated rings. The van der Waals surface area contributed by atoms with Crippen LogP contribution in [-0.4, -0.2) is 43.7 Å². The Bertz CT molecular complexity index is 1160. The van der Waals surface area contributed by atoms with E-state index in [4.69, 9.17) is 11.6 Å². The van der Waals surface area contributed by atoms with Crippen molar-refractivity contribution in [1.29, 1.82) is 0 Å². The molecule has 2 heterocycles. The Morgan fingerprint density at radius 3 is 2.47 bits per heavy atom. The minimum Gasteiger partial charge on any atom is -0.326 e. The second kappa shape index (κ2) is 8.84. The van der Waals surface area contributed by atoms with Crippen molar-refractivity contribution in [1.82, 2.24) is 4.31 Å². The fourth-order valence-corrected chi connectivity index (χ4v) is 6.28. The van der Waals surface area contributed by atoms with Crippen LogP contribution >= 0.6 is 11.6 Å². The van der Waals surface area contributed by atoms with Gasteiger partial charge in [0.2, 0.25) is 21.8 Å². The molecular weight excluding hydrogens is 450 g/mol. The summed E-state index contributed by atoms with van der Waals surface area (Å²) in [7, 11) is -3.67. The van der Waals surface area contributed by atoms with Gasteiger partial charge in [0.05, 0.1) is 4.90 Å². The molecule has 0 aliphatic carbocycles. The summed E-state index contributed by atoms with van der Waals surface area (Å²) in [5.74, 6) is -0.435. The molecule has 0 unspecified atom stereocenters. The van der Waals surface area contributed by atoms with Gasteiger partial charge in [0.25, 0.3) is 0 Å². The molecule has 1 atom stereocenters. The minimum atomic E-state index is -3.67. The summed E-state index contributed by atoms with van der Waals surface area (Å²) >= 11 is 5.96. The molecule has 1 N–H and O–H groups in total. The van der Waals surface area contributed by atoms with E-state index < -0.39 is 10.0 Å². The Morgan fingerprint density at radius 2 is 1.81 bits per heavy atom. The number of hydrogen-bond donors (Lipinski definition) is 1. The zero-order valence-electron chi connectivity index (χ0n) is 18.0.